The molecule has 0 aliphatic heterocycles. The summed E-state index contributed by atoms with van der Waals surface area (Å²) in [6, 6.07) is 1.80. The molecule has 0 bridgehead atoms. The second kappa shape index (κ2) is 4.50. The minimum atomic E-state index is -2.74. The lowest BCUT2D eigenvalue weighted by molar-refractivity contribution is 0.141. The largest absolute Gasteiger partial charge is 0.493 e. The first-order valence-electron chi connectivity index (χ1n) is 3.52. The zero-order valence-corrected chi connectivity index (χ0v) is 9.25. The third kappa shape index (κ3) is 1.92. The number of methoxy groups -OCH3 is 1. The van der Waals surface area contributed by atoms with Gasteiger partial charge in [0.2, 0.25) is 0 Å². The summed E-state index contributed by atoms with van der Waals surface area (Å²) in [5, 5.41) is 8.73. The predicted molar refractivity (Wildman–Crippen MR) is 53.2 cm³/mol. The molecule has 0 aliphatic carbocycles. The first kappa shape index (κ1) is 11.1. The molecule has 14 heavy (non-hydrogen) atoms. The molecule has 0 atom stereocenters. The molecule has 1 aromatic heterocycles. The van der Waals surface area contributed by atoms with Crippen molar-refractivity contribution in [1.82, 2.24) is 4.98 Å². The number of alkyl halides is 2. The highest BCUT2D eigenvalue weighted by molar-refractivity contribution is 14.1. The number of hydrogen-bond donors (Lipinski definition) is 0. The summed E-state index contributed by atoms with van der Waals surface area (Å²) >= 11 is 1.84. The molecule has 0 radical (unpaired) electrons. The molecule has 0 saturated carbocycles. The van der Waals surface area contributed by atoms with E-state index in [9.17, 15) is 8.78 Å². The van der Waals surface area contributed by atoms with Gasteiger partial charge in [0.05, 0.1) is 10.7 Å². The van der Waals surface area contributed by atoms with Crippen molar-refractivity contribution in [2.24, 2.45) is 0 Å². The van der Waals surface area contributed by atoms with Gasteiger partial charge in [0.25, 0.3) is 6.43 Å². The summed E-state index contributed by atoms with van der Waals surface area (Å²) in [6.07, 6.45) is -1.52. The molecule has 1 heterocycles. The Labute approximate surface area is 92.8 Å². The Bertz CT molecular complexity index is 390. The predicted octanol–water partition coefficient (Wildman–Crippen LogP) is 2.50. The van der Waals surface area contributed by atoms with Gasteiger partial charge in [0.1, 0.15) is 17.3 Å². The minimum absolute atomic E-state index is 0.0957. The first-order valence-corrected chi connectivity index (χ1v) is 4.60. The summed E-state index contributed by atoms with van der Waals surface area (Å²) in [5.74, 6) is -0.144. The van der Waals surface area contributed by atoms with Crippen molar-refractivity contribution in [3.8, 4) is 11.8 Å². The van der Waals surface area contributed by atoms with Gasteiger partial charge in [-0.15, -0.1) is 0 Å². The molecule has 0 amide bonds. The Morgan fingerprint density at radius 1 is 1.64 bits per heavy atom. The van der Waals surface area contributed by atoms with E-state index in [1.54, 1.807) is 6.07 Å². The molecular formula is C8H5F2IN2O. The number of aromatic nitrogens is 1. The molecule has 0 aliphatic rings. The number of nitriles is 1. The second-order valence-corrected chi connectivity index (χ2v) is 3.47. The van der Waals surface area contributed by atoms with Crippen molar-refractivity contribution in [2.75, 3.05) is 7.11 Å². The number of nitrogens with zero attached hydrogens (tertiary/aromatic N) is 2. The number of ether oxygens (including phenoxy) is 1. The molecule has 0 unspecified atom stereocenters. The van der Waals surface area contributed by atoms with Crippen molar-refractivity contribution in [3.63, 3.8) is 0 Å². The van der Waals surface area contributed by atoms with Crippen molar-refractivity contribution in [1.29, 1.82) is 5.26 Å². The quantitative estimate of drug-likeness (QED) is 0.789. The first-order chi connectivity index (χ1) is 6.61. The Balaban J connectivity index is 3.42. The van der Waals surface area contributed by atoms with Crippen LogP contribution in [0, 0.1) is 14.9 Å². The molecule has 3 nitrogen and oxygen atoms in total. The number of halogens is 3. The van der Waals surface area contributed by atoms with E-state index >= 15 is 0 Å². The van der Waals surface area contributed by atoms with E-state index in [0.717, 1.165) is 0 Å². The fraction of sp³-hybridized carbons (Fsp3) is 0.250. The van der Waals surface area contributed by atoms with E-state index in [0.29, 0.717) is 3.57 Å². The van der Waals surface area contributed by atoms with Crippen LogP contribution in [-0.2, 0) is 0 Å². The van der Waals surface area contributed by atoms with Gasteiger partial charge < -0.3 is 4.74 Å². The van der Waals surface area contributed by atoms with Crippen molar-refractivity contribution in [2.45, 2.75) is 6.43 Å². The summed E-state index contributed by atoms with van der Waals surface area (Å²) < 4.78 is 30.0. The molecule has 0 N–H and O–H groups in total. The van der Waals surface area contributed by atoms with Gasteiger partial charge in [0.15, 0.2) is 5.75 Å². The average Bonchev–Trinajstić information content (AvgIpc) is 2.16. The lowest BCUT2D eigenvalue weighted by atomic mass is 10.2. The molecule has 0 aromatic carbocycles. The van der Waals surface area contributed by atoms with Crippen LogP contribution in [0.25, 0.3) is 0 Å². The Morgan fingerprint density at radius 3 is 2.71 bits per heavy atom. The number of hydrogen-bond acceptors (Lipinski definition) is 3. The van der Waals surface area contributed by atoms with Crippen molar-refractivity contribution >= 4 is 22.6 Å². The molecule has 0 saturated heterocycles. The van der Waals surface area contributed by atoms with E-state index in [-0.39, 0.29) is 11.3 Å². The summed E-state index contributed by atoms with van der Waals surface area (Å²) in [6.45, 7) is 0. The maximum Gasteiger partial charge on any atom is 0.284 e. The summed E-state index contributed by atoms with van der Waals surface area (Å²) in [4.78, 5) is 3.52. The molecule has 1 rings (SSSR count). The van der Waals surface area contributed by atoms with Crippen LogP contribution < -0.4 is 4.74 Å². The average molecular weight is 310 g/mol. The smallest absolute Gasteiger partial charge is 0.284 e. The topological polar surface area (TPSA) is 45.9 Å². The van der Waals surface area contributed by atoms with Gasteiger partial charge >= 0.3 is 0 Å². The third-order valence-electron chi connectivity index (χ3n) is 1.54. The standard InChI is InChI=1S/C8H5F2IN2O/c1-14-7-4(2-12)5(11)3-13-6(7)8(9)10/h3,8H,1H3. The van der Waals surface area contributed by atoms with Gasteiger partial charge in [0, 0.05) is 6.20 Å². The van der Waals surface area contributed by atoms with Crippen LogP contribution in [0.4, 0.5) is 8.78 Å². The summed E-state index contributed by atoms with van der Waals surface area (Å²) in [5.41, 5.74) is -0.400. The van der Waals surface area contributed by atoms with Crippen LogP contribution in [0.1, 0.15) is 17.7 Å². The van der Waals surface area contributed by atoms with E-state index in [4.69, 9.17) is 10.00 Å². The lowest BCUT2D eigenvalue weighted by Gasteiger charge is -2.08. The lowest BCUT2D eigenvalue weighted by Crippen LogP contribution is -2.00. The number of pyridine rings is 1. The highest BCUT2D eigenvalue weighted by atomic mass is 127. The van der Waals surface area contributed by atoms with Gasteiger partial charge in [-0.05, 0) is 22.6 Å². The van der Waals surface area contributed by atoms with Crippen LogP contribution in [0.5, 0.6) is 5.75 Å². The van der Waals surface area contributed by atoms with E-state index in [2.05, 4.69) is 4.98 Å². The van der Waals surface area contributed by atoms with E-state index in [1.807, 2.05) is 22.6 Å². The van der Waals surface area contributed by atoms with Crippen LogP contribution in [0.15, 0.2) is 6.20 Å². The van der Waals surface area contributed by atoms with Gasteiger partial charge in [-0.2, -0.15) is 5.26 Å². The van der Waals surface area contributed by atoms with Crippen LogP contribution in [0.2, 0.25) is 0 Å². The fourth-order valence-electron chi connectivity index (χ4n) is 0.952. The zero-order chi connectivity index (χ0) is 10.7. The summed E-state index contributed by atoms with van der Waals surface area (Å²) in [7, 11) is 1.24. The van der Waals surface area contributed by atoms with Crippen LogP contribution >= 0.6 is 22.6 Å². The molecular weight excluding hydrogens is 305 g/mol. The Hall–Kier alpha value is -0.970. The van der Waals surface area contributed by atoms with Gasteiger partial charge in [-0.1, -0.05) is 0 Å². The van der Waals surface area contributed by atoms with Crippen molar-refractivity contribution < 1.29 is 13.5 Å². The maximum atomic E-state index is 12.4. The van der Waals surface area contributed by atoms with Crippen molar-refractivity contribution in [3.05, 3.63) is 21.0 Å². The molecule has 0 spiro atoms. The van der Waals surface area contributed by atoms with E-state index in [1.165, 1.54) is 13.3 Å². The Morgan fingerprint density at radius 2 is 2.29 bits per heavy atom. The molecule has 6 heteroatoms. The zero-order valence-electron chi connectivity index (χ0n) is 7.09. The highest BCUT2D eigenvalue weighted by Gasteiger charge is 2.20. The highest BCUT2D eigenvalue weighted by Crippen LogP contribution is 2.31. The molecule has 0 fully saturated rings. The molecule has 74 valence electrons. The minimum Gasteiger partial charge on any atom is -0.493 e. The van der Waals surface area contributed by atoms with Crippen LogP contribution in [-0.4, -0.2) is 12.1 Å². The van der Waals surface area contributed by atoms with Gasteiger partial charge in [-0.3, -0.25) is 4.98 Å². The third-order valence-corrected chi connectivity index (χ3v) is 2.36. The molecule has 1 aromatic rings. The SMILES string of the molecule is COc1c(C(F)F)ncc(I)c1C#N. The maximum absolute atomic E-state index is 12.4. The van der Waals surface area contributed by atoms with Gasteiger partial charge in [-0.25, -0.2) is 8.78 Å². The normalized spacial score (nSPS) is 10.0. The Kier molecular flexibility index (Phi) is 3.57. The number of rotatable bonds is 2. The van der Waals surface area contributed by atoms with Crippen LogP contribution in [0.3, 0.4) is 0 Å². The fourth-order valence-corrected chi connectivity index (χ4v) is 1.46. The van der Waals surface area contributed by atoms with E-state index < -0.39 is 12.1 Å². The second-order valence-electron chi connectivity index (χ2n) is 2.31. The monoisotopic (exact) mass is 310 g/mol.